The molecule has 0 aliphatic carbocycles. The van der Waals surface area contributed by atoms with Gasteiger partial charge in [0.25, 0.3) is 6.43 Å². The Kier molecular flexibility index (Phi) is 3.70. The third kappa shape index (κ3) is 2.88. The number of halogens is 3. The fourth-order valence-corrected chi connectivity index (χ4v) is 0.840. The maximum absolute atomic E-state index is 11.7. The third-order valence-electron chi connectivity index (χ3n) is 1.19. The Morgan fingerprint density at radius 1 is 1.64 bits per heavy atom. The van der Waals surface area contributed by atoms with Gasteiger partial charge in [0.1, 0.15) is 5.15 Å². The van der Waals surface area contributed by atoms with Crippen LogP contribution in [-0.4, -0.2) is 29.3 Å². The van der Waals surface area contributed by atoms with Crippen molar-refractivity contribution in [2.75, 3.05) is 6.61 Å². The van der Waals surface area contributed by atoms with Crippen molar-refractivity contribution in [3.63, 3.8) is 0 Å². The van der Waals surface area contributed by atoms with Crippen molar-refractivity contribution in [3.05, 3.63) is 17.0 Å². The van der Waals surface area contributed by atoms with Gasteiger partial charge >= 0.3 is 0 Å². The molecule has 1 aromatic heterocycles. The second kappa shape index (κ2) is 4.80. The van der Waals surface area contributed by atoms with E-state index in [-0.39, 0.29) is 16.7 Å². The number of aldehydes is 1. The lowest BCUT2D eigenvalue weighted by Gasteiger charge is -2.05. The quantitative estimate of drug-likeness (QED) is 0.726. The molecule has 0 radical (unpaired) electrons. The van der Waals surface area contributed by atoms with Crippen molar-refractivity contribution in [3.8, 4) is 5.88 Å². The van der Waals surface area contributed by atoms with Gasteiger partial charge in [-0.25, -0.2) is 18.7 Å². The summed E-state index contributed by atoms with van der Waals surface area (Å²) in [4.78, 5) is 17.5. The van der Waals surface area contributed by atoms with Gasteiger partial charge in [0.2, 0.25) is 5.88 Å². The van der Waals surface area contributed by atoms with Crippen LogP contribution in [0.3, 0.4) is 0 Å². The molecule has 0 unspecified atom stereocenters. The highest BCUT2D eigenvalue weighted by atomic mass is 35.5. The number of alkyl halides is 2. The Labute approximate surface area is 82.9 Å². The largest absolute Gasteiger partial charge is 0.470 e. The smallest absolute Gasteiger partial charge is 0.272 e. The minimum atomic E-state index is -2.63. The van der Waals surface area contributed by atoms with E-state index in [2.05, 4.69) is 14.7 Å². The van der Waals surface area contributed by atoms with Crippen LogP contribution in [0.1, 0.15) is 10.5 Å². The Hall–Kier alpha value is -1.30. The van der Waals surface area contributed by atoms with Crippen LogP contribution < -0.4 is 4.74 Å². The molecule has 0 fully saturated rings. The van der Waals surface area contributed by atoms with E-state index < -0.39 is 13.0 Å². The SMILES string of the molecule is O=Cc1nc(Cl)cnc1OCC(F)F. The summed E-state index contributed by atoms with van der Waals surface area (Å²) in [5.41, 5.74) is -0.196. The Morgan fingerprint density at radius 2 is 2.36 bits per heavy atom. The predicted octanol–water partition coefficient (Wildman–Crippen LogP) is 1.59. The van der Waals surface area contributed by atoms with E-state index in [4.69, 9.17) is 11.6 Å². The molecule has 1 rings (SSSR count). The first-order valence-electron chi connectivity index (χ1n) is 3.52. The zero-order valence-corrected chi connectivity index (χ0v) is 7.54. The van der Waals surface area contributed by atoms with Gasteiger partial charge in [-0.2, -0.15) is 0 Å². The zero-order chi connectivity index (χ0) is 10.6. The van der Waals surface area contributed by atoms with Gasteiger partial charge < -0.3 is 4.74 Å². The highest BCUT2D eigenvalue weighted by Crippen LogP contribution is 2.14. The maximum atomic E-state index is 11.7. The number of carbonyl (C=O) groups is 1. The molecule has 14 heavy (non-hydrogen) atoms. The van der Waals surface area contributed by atoms with Crippen LogP contribution in [-0.2, 0) is 0 Å². The summed E-state index contributed by atoms with van der Waals surface area (Å²) in [5, 5.41) is -0.00324. The number of nitrogens with zero attached hydrogens (tertiary/aromatic N) is 2. The van der Waals surface area contributed by atoms with Crippen LogP contribution in [0.5, 0.6) is 5.88 Å². The zero-order valence-electron chi connectivity index (χ0n) is 6.78. The van der Waals surface area contributed by atoms with Crippen LogP contribution in [0.25, 0.3) is 0 Å². The third-order valence-corrected chi connectivity index (χ3v) is 1.37. The first-order chi connectivity index (χ1) is 6.63. The van der Waals surface area contributed by atoms with Gasteiger partial charge in [-0.15, -0.1) is 0 Å². The van der Waals surface area contributed by atoms with Crippen LogP contribution in [0.15, 0.2) is 6.20 Å². The number of aromatic nitrogens is 2. The number of ether oxygens (including phenoxy) is 1. The van der Waals surface area contributed by atoms with Gasteiger partial charge in [-0.3, -0.25) is 4.79 Å². The fraction of sp³-hybridized carbons (Fsp3) is 0.286. The average molecular weight is 223 g/mol. The number of hydrogen-bond acceptors (Lipinski definition) is 4. The molecule has 0 bridgehead atoms. The monoisotopic (exact) mass is 222 g/mol. The van der Waals surface area contributed by atoms with E-state index in [0.717, 1.165) is 6.20 Å². The lowest BCUT2D eigenvalue weighted by atomic mass is 10.5. The Balaban J connectivity index is 2.80. The van der Waals surface area contributed by atoms with E-state index in [1.165, 1.54) is 0 Å². The number of carbonyl (C=O) groups excluding carboxylic acids is 1. The summed E-state index contributed by atoms with van der Waals surface area (Å²) in [5.74, 6) is -0.246. The predicted molar refractivity (Wildman–Crippen MR) is 43.9 cm³/mol. The Bertz CT molecular complexity index is 335. The second-order valence-corrected chi connectivity index (χ2v) is 2.59. The molecule has 0 saturated heterocycles. The molecule has 0 spiro atoms. The molecule has 0 aromatic carbocycles. The first kappa shape index (κ1) is 10.8. The van der Waals surface area contributed by atoms with Crippen molar-refractivity contribution < 1.29 is 18.3 Å². The van der Waals surface area contributed by atoms with Crippen molar-refractivity contribution in [1.82, 2.24) is 9.97 Å². The number of rotatable bonds is 4. The molecule has 0 aliphatic heterocycles. The molecule has 0 aliphatic rings. The normalized spacial score (nSPS) is 10.3. The molecule has 1 heterocycles. The number of hydrogen-bond donors (Lipinski definition) is 0. The summed E-state index contributed by atoms with van der Waals surface area (Å²) in [6.07, 6.45) is -1.19. The lowest BCUT2D eigenvalue weighted by molar-refractivity contribution is 0.0783. The van der Waals surface area contributed by atoms with E-state index in [1.54, 1.807) is 0 Å². The first-order valence-corrected chi connectivity index (χ1v) is 3.90. The van der Waals surface area contributed by atoms with E-state index in [0.29, 0.717) is 6.29 Å². The molecule has 4 nitrogen and oxygen atoms in total. The molecule has 0 atom stereocenters. The molecule has 7 heteroatoms. The standard InChI is InChI=1S/C7H5ClF2N2O2/c8-5-1-11-7(4(2-13)12-5)14-3-6(9)10/h1-2,6H,3H2. The topological polar surface area (TPSA) is 52.1 Å². The van der Waals surface area contributed by atoms with Crippen molar-refractivity contribution in [1.29, 1.82) is 0 Å². The summed E-state index contributed by atoms with van der Waals surface area (Å²) < 4.78 is 28.0. The van der Waals surface area contributed by atoms with Gasteiger partial charge in [-0.05, 0) is 0 Å². The summed E-state index contributed by atoms with van der Waals surface area (Å²) in [7, 11) is 0. The minimum Gasteiger partial charge on any atom is -0.470 e. The van der Waals surface area contributed by atoms with E-state index in [1.807, 2.05) is 0 Å². The van der Waals surface area contributed by atoms with Crippen molar-refractivity contribution in [2.24, 2.45) is 0 Å². The Morgan fingerprint density at radius 3 is 2.93 bits per heavy atom. The highest BCUT2D eigenvalue weighted by Gasteiger charge is 2.10. The molecule has 0 N–H and O–H groups in total. The molecule has 0 saturated carbocycles. The van der Waals surface area contributed by atoms with Gasteiger partial charge in [0.05, 0.1) is 6.20 Å². The van der Waals surface area contributed by atoms with Gasteiger partial charge in [0.15, 0.2) is 18.6 Å². The average Bonchev–Trinajstić information content (AvgIpc) is 2.15. The van der Waals surface area contributed by atoms with Crippen LogP contribution in [0.2, 0.25) is 5.15 Å². The molecular formula is C7H5ClF2N2O2. The second-order valence-electron chi connectivity index (χ2n) is 2.20. The lowest BCUT2D eigenvalue weighted by Crippen LogP contribution is -2.10. The molecule has 76 valence electrons. The van der Waals surface area contributed by atoms with Crippen molar-refractivity contribution >= 4 is 17.9 Å². The summed E-state index contributed by atoms with van der Waals surface area (Å²) >= 11 is 5.42. The van der Waals surface area contributed by atoms with Gasteiger partial charge in [0, 0.05) is 0 Å². The fourth-order valence-electron chi connectivity index (χ4n) is 0.700. The molecule has 1 aromatic rings. The van der Waals surface area contributed by atoms with Crippen LogP contribution in [0, 0.1) is 0 Å². The minimum absolute atomic E-state index is 0.00324. The van der Waals surface area contributed by atoms with Gasteiger partial charge in [-0.1, -0.05) is 11.6 Å². The molecule has 0 amide bonds. The summed E-state index contributed by atoms with van der Waals surface area (Å²) in [6.45, 7) is -0.836. The maximum Gasteiger partial charge on any atom is 0.272 e. The van der Waals surface area contributed by atoms with E-state index >= 15 is 0 Å². The van der Waals surface area contributed by atoms with Crippen LogP contribution in [0.4, 0.5) is 8.78 Å². The van der Waals surface area contributed by atoms with Crippen molar-refractivity contribution in [2.45, 2.75) is 6.43 Å². The highest BCUT2D eigenvalue weighted by molar-refractivity contribution is 6.29. The van der Waals surface area contributed by atoms with E-state index in [9.17, 15) is 13.6 Å². The molecular weight excluding hydrogens is 218 g/mol. The van der Waals surface area contributed by atoms with Crippen LogP contribution >= 0.6 is 11.6 Å². The summed E-state index contributed by atoms with van der Waals surface area (Å²) in [6, 6.07) is 0.